The molecule has 1 aliphatic rings. The Hall–Kier alpha value is -2.77. The molecule has 1 atom stereocenters. The van der Waals surface area contributed by atoms with Crippen molar-refractivity contribution < 1.29 is 14.6 Å². The summed E-state index contributed by atoms with van der Waals surface area (Å²) in [5, 5.41) is 14.6. The van der Waals surface area contributed by atoms with E-state index in [1.54, 1.807) is 17.5 Å². The molecular formula is C23H23N3O3S. The van der Waals surface area contributed by atoms with Crippen LogP contribution >= 0.6 is 11.3 Å². The third kappa shape index (κ3) is 3.48. The molecule has 3 aromatic heterocycles. The van der Waals surface area contributed by atoms with Crippen molar-refractivity contribution in [1.82, 2.24) is 15.0 Å². The Morgan fingerprint density at radius 1 is 1.20 bits per heavy atom. The maximum Gasteiger partial charge on any atom is 0.178 e. The molecule has 7 heteroatoms. The smallest absolute Gasteiger partial charge is 0.178 e. The number of ether oxygens (including phenoxy) is 2. The molecule has 1 fully saturated rings. The van der Waals surface area contributed by atoms with E-state index >= 15 is 0 Å². The quantitative estimate of drug-likeness (QED) is 0.493. The van der Waals surface area contributed by atoms with Gasteiger partial charge in [0.2, 0.25) is 0 Å². The molecule has 0 radical (unpaired) electrons. The fourth-order valence-electron chi connectivity index (χ4n) is 4.01. The van der Waals surface area contributed by atoms with Crippen LogP contribution in [0.3, 0.4) is 0 Å². The first-order valence-electron chi connectivity index (χ1n) is 10.2. The lowest BCUT2D eigenvalue weighted by Gasteiger charge is -2.28. The molecule has 0 aliphatic carbocycles. The predicted octanol–water partition coefficient (Wildman–Crippen LogP) is 5.11. The number of phenols is 1. The van der Waals surface area contributed by atoms with Crippen LogP contribution in [0.4, 0.5) is 0 Å². The van der Waals surface area contributed by atoms with Crippen molar-refractivity contribution in [3.05, 3.63) is 41.5 Å². The zero-order chi connectivity index (χ0) is 20.7. The van der Waals surface area contributed by atoms with Gasteiger partial charge in [-0.15, -0.1) is 11.3 Å². The summed E-state index contributed by atoms with van der Waals surface area (Å²) in [5.74, 6) is 1.53. The average Bonchev–Trinajstić information content (AvgIpc) is 3.25. The number of benzene rings is 1. The van der Waals surface area contributed by atoms with Gasteiger partial charge >= 0.3 is 0 Å². The Labute approximate surface area is 178 Å². The maximum atomic E-state index is 10.9. The van der Waals surface area contributed by atoms with Crippen LogP contribution in [0.2, 0.25) is 0 Å². The molecule has 30 heavy (non-hydrogen) atoms. The molecule has 0 spiro atoms. The fourth-order valence-corrected chi connectivity index (χ4v) is 4.74. The molecule has 0 bridgehead atoms. The average molecular weight is 422 g/mol. The van der Waals surface area contributed by atoms with Gasteiger partial charge in [-0.05, 0) is 67.1 Å². The summed E-state index contributed by atoms with van der Waals surface area (Å²) in [7, 11) is 0. The third-order valence-electron chi connectivity index (χ3n) is 5.81. The van der Waals surface area contributed by atoms with E-state index in [1.165, 1.54) is 0 Å². The Kier molecular flexibility index (Phi) is 5.00. The van der Waals surface area contributed by atoms with E-state index < -0.39 is 0 Å². The molecule has 5 rings (SSSR count). The molecule has 154 valence electrons. The standard InChI is InChI=1S/C23H23N3O3S/c1-13-9-19(29-14(2)15-3-6-28-7-4-15)22(27)17-11-25-23(26-21(13)17)18-10-16-5-8-30-20(16)12-24-18/h5,8-12,14-15,27H,3-4,6-7H2,1-2H3. The van der Waals surface area contributed by atoms with Crippen molar-refractivity contribution in [2.24, 2.45) is 5.92 Å². The van der Waals surface area contributed by atoms with E-state index in [0.29, 0.717) is 28.4 Å². The van der Waals surface area contributed by atoms with Gasteiger partial charge in [-0.2, -0.15) is 0 Å². The minimum atomic E-state index is -0.00150. The lowest BCUT2D eigenvalue weighted by Crippen LogP contribution is -2.29. The van der Waals surface area contributed by atoms with Crippen molar-refractivity contribution in [3.8, 4) is 23.0 Å². The second-order valence-corrected chi connectivity index (χ2v) is 8.74. The predicted molar refractivity (Wildman–Crippen MR) is 118 cm³/mol. The minimum absolute atomic E-state index is 0.00150. The van der Waals surface area contributed by atoms with E-state index in [2.05, 4.69) is 23.0 Å². The molecule has 1 N–H and O–H groups in total. The highest BCUT2D eigenvalue weighted by Gasteiger charge is 2.24. The molecular weight excluding hydrogens is 398 g/mol. The molecule has 1 aromatic carbocycles. The molecule has 1 saturated heterocycles. The van der Waals surface area contributed by atoms with Crippen LogP contribution in [0.1, 0.15) is 25.3 Å². The number of aromatic hydroxyl groups is 1. The first-order chi connectivity index (χ1) is 14.6. The summed E-state index contributed by atoms with van der Waals surface area (Å²) in [6.07, 6.45) is 5.46. The molecule has 0 saturated carbocycles. The topological polar surface area (TPSA) is 77.4 Å². The fraction of sp³-hybridized carbons (Fsp3) is 0.348. The summed E-state index contributed by atoms with van der Waals surface area (Å²) in [6, 6.07) is 5.92. The van der Waals surface area contributed by atoms with Crippen molar-refractivity contribution in [1.29, 1.82) is 0 Å². The number of pyridine rings is 1. The summed E-state index contributed by atoms with van der Waals surface area (Å²) in [4.78, 5) is 13.7. The van der Waals surface area contributed by atoms with E-state index in [-0.39, 0.29) is 11.9 Å². The van der Waals surface area contributed by atoms with E-state index in [9.17, 15) is 5.11 Å². The number of aromatic nitrogens is 3. The van der Waals surface area contributed by atoms with E-state index in [4.69, 9.17) is 14.5 Å². The highest BCUT2D eigenvalue weighted by atomic mass is 32.1. The van der Waals surface area contributed by atoms with Crippen molar-refractivity contribution in [3.63, 3.8) is 0 Å². The third-order valence-corrected chi connectivity index (χ3v) is 6.68. The van der Waals surface area contributed by atoms with Crippen molar-refractivity contribution in [2.75, 3.05) is 13.2 Å². The van der Waals surface area contributed by atoms with E-state index in [1.807, 2.05) is 30.6 Å². The summed E-state index contributed by atoms with van der Waals surface area (Å²) >= 11 is 1.66. The minimum Gasteiger partial charge on any atom is -0.504 e. The number of rotatable bonds is 4. The number of thiophene rings is 1. The number of aryl methyl sites for hydroxylation is 1. The van der Waals surface area contributed by atoms with Gasteiger partial charge < -0.3 is 14.6 Å². The monoisotopic (exact) mass is 421 g/mol. The second-order valence-electron chi connectivity index (χ2n) is 7.80. The highest BCUT2D eigenvalue weighted by molar-refractivity contribution is 7.17. The number of hydrogen-bond donors (Lipinski definition) is 1. The van der Waals surface area contributed by atoms with Gasteiger partial charge in [0.15, 0.2) is 17.3 Å². The Bertz CT molecular complexity index is 1220. The summed E-state index contributed by atoms with van der Waals surface area (Å²) in [5.41, 5.74) is 2.35. The molecule has 1 unspecified atom stereocenters. The first-order valence-corrected chi connectivity index (χ1v) is 11.1. The van der Waals surface area contributed by atoms with Gasteiger partial charge in [0, 0.05) is 25.6 Å². The summed E-state index contributed by atoms with van der Waals surface area (Å²) < 4.78 is 12.7. The Morgan fingerprint density at radius 2 is 2.03 bits per heavy atom. The molecule has 6 nitrogen and oxygen atoms in total. The number of nitrogens with zero attached hydrogens (tertiary/aromatic N) is 3. The van der Waals surface area contributed by atoms with Gasteiger partial charge in [0.25, 0.3) is 0 Å². The maximum absolute atomic E-state index is 10.9. The lowest BCUT2D eigenvalue weighted by atomic mass is 9.95. The second kappa shape index (κ2) is 7.81. The van der Waals surface area contributed by atoms with Crippen LogP contribution in [0.25, 0.3) is 32.5 Å². The van der Waals surface area contributed by atoms with Crippen molar-refractivity contribution in [2.45, 2.75) is 32.8 Å². The zero-order valence-corrected chi connectivity index (χ0v) is 17.8. The van der Waals surface area contributed by atoms with Crippen LogP contribution in [-0.2, 0) is 4.74 Å². The van der Waals surface area contributed by atoms with Crippen LogP contribution in [0, 0.1) is 12.8 Å². The molecule has 4 aromatic rings. The highest BCUT2D eigenvalue weighted by Crippen LogP contribution is 2.38. The first kappa shape index (κ1) is 19.2. The largest absolute Gasteiger partial charge is 0.504 e. The Balaban J connectivity index is 1.49. The normalized spacial score (nSPS) is 16.2. The van der Waals surface area contributed by atoms with Gasteiger partial charge in [-0.3, -0.25) is 4.98 Å². The number of fused-ring (bicyclic) bond motifs is 2. The van der Waals surface area contributed by atoms with Crippen molar-refractivity contribution >= 4 is 32.3 Å². The molecule has 0 amide bonds. The van der Waals surface area contributed by atoms with Crippen LogP contribution in [0.5, 0.6) is 11.5 Å². The van der Waals surface area contributed by atoms with E-state index in [0.717, 1.165) is 47.4 Å². The van der Waals surface area contributed by atoms with Gasteiger partial charge in [-0.1, -0.05) is 0 Å². The lowest BCUT2D eigenvalue weighted by molar-refractivity contribution is 0.0233. The number of hydrogen-bond acceptors (Lipinski definition) is 7. The van der Waals surface area contributed by atoms with Crippen LogP contribution < -0.4 is 4.74 Å². The van der Waals surface area contributed by atoms with Crippen LogP contribution in [-0.4, -0.2) is 39.4 Å². The van der Waals surface area contributed by atoms with Crippen LogP contribution in [0.15, 0.2) is 36.0 Å². The zero-order valence-electron chi connectivity index (χ0n) is 17.0. The Morgan fingerprint density at radius 3 is 2.87 bits per heavy atom. The van der Waals surface area contributed by atoms with Gasteiger partial charge in [-0.25, -0.2) is 9.97 Å². The SMILES string of the molecule is Cc1cc(OC(C)C2CCOCC2)c(O)c2cnc(-c3cc4ccsc4cn3)nc12. The summed E-state index contributed by atoms with van der Waals surface area (Å²) in [6.45, 7) is 5.56. The van der Waals surface area contributed by atoms with Gasteiger partial charge in [0.05, 0.1) is 21.7 Å². The molecule has 1 aliphatic heterocycles. The number of phenolic OH excluding ortho intramolecular Hbond substituents is 1. The van der Waals surface area contributed by atoms with Gasteiger partial charge in [0.1, 0.15) is 5.69 Å². The molecule has 4 heterocycles.